The lowest BCUT2D eigenvalue weighted by Crippen LogP contribution is -2.44. The molecule has 0 aliphatic carbocycles. The van der Waals surface area contributed by atoms with Crippen LogP contribution in [-0.2, 0) is 0 Å². The molecule has 3 heterocycles. The molecule has 0 bridgehead atoms. The molecule has 7 heteroatoms. The van der Waals surface area contributed by atoms with Crippen LogP contribution in [0.5, 0.6) is 5.88 Å². The van der Waals surface area contributed by atoms with E-state index >= 15 is 0 Å². The molecule has 122 valence electrons. The van der Waals surface area contributed by atoms with Crippen molar-refractivity contribution in [3.8, 4) is 5.88 Å². The summed E-state index contributed by atoms with van der Waals surface area (Å²) < 4.78 is 5.91. The lowest BCUT2D eigenvalue weighted by Gasteiger charge is -2.32. The molecule has 0 saturated carbocycles. The first-order chi connectivity index (χ1) is 11.1. The molecule has 1 fully saturated rings. The molecule has 0 spiro atoms. The van der Waals surface area contributed by atoms with Crippen molar-refractivity contribution >= 4 is 23.1 Å². The molecule has 0 aromatic carbocycles. The Morgan fingerprint density at radius 2 is 2.22 bits per heavy atom. The zero-order chi connectivity index (χ0) is 16.2. The van der Waals surface area contributed by atoms with Gasteiger partial charge in [0.05, 0.1) is 11.4 Å². The van der Waals surface area contributed by atoms with Crippen molar-refractivity contribution in [3.63, 3.8) is 0 Å². The fourth-order valence-corrected chi connectivity index (χ4v) is 3.25. The summed E-state index contributed by atoms with van der Waals surface area (Å²) in [6, 6.07) is 7.46. The summed E-state index contributed by atoms with van der Waals surface area (Å²) in [7, 11) is 3.83. The maximum absolute atomic E-state index is 12.4. The summed E-state index contributed by atoms with van der Waals surface area (Å²) >= 11 is 1.48. The predicted octanol–water partition coefficient (Wildman–Crippen LogP) is 2.29. The van der Waals surface area contributed by atoms with Gasteiger partial charge in [-0.1, -0.05) is 6.07 Å². The highest BCUT2D eigenvalue weighted by Crippen LogP contribution is 2.20. The van der Waals surface area contributed by atoms with Gasteiger partial charge in [-0.2, -0.15) is 0 Å². The molecule has 1 amide bonds. The Balaban J connectivity index is 1.61. The highest BCUT2D eigenvalue weighted by molar-refractivity contribution is 7.12. The largest absolute Gasteiger partial charge is 0.471 e. The summed E-state index contributed by atoms with van der Waals surface area (Å²) in [6.45, 7) is 1.37. The second-order valence-electron chi connectivity index (χ2n) is 5.73. The number of hydrogen-bond acceptors (Lipinski definition) is 6. The summed E-state index contributed by atoms with van der Waals surface area (Å²) in [6.07, 6.45) is 1.82. The van der Waals surface area contributed by atoms with Gasteiger partial charge in [0.15, 0.2) is 5.82 Å². The SMILES string of the molecule is CN(C)c1ccc(OC2CCCN(C(=O)c3cccs3)C2)nn1. The Morgan fingerprint density at radius 3 is 2.87 bits per heavy atom. The molecule has 1 unspecified atom stereocenters. The second-order valence-corrected chi connectivity index (χ2v) is 6.68. The number of piperidine rings is 1. The molecule has 1 aliphatic rings. The van der Waals surface area contributed by atoms with Gasteiger partial charge >= 0.3 is 0 Å². The third-order valence-electron chi connectivity index (χ3n) is 3.77. The van der Waals surface area contributed by atoms with Crippen LogP contribution in [0.1, 0.15) is 22.5 Å². The van der Waals surface area contributed by atoms with Crippen molar-refractivity contribution in [3.05, 3.63) is 34.5 Å². The molecule has 3 rings (SSSR count). The molecular weight excluding hydrogens is 312 g/mol. The van der Waals surface area contributed by atoms with Gasteiger partial charge in [-0.15, -0.1) is 21.5 Å². The quantitative estimate of drug-likeness (QED) is 0.860. The van der Waals surface area contributed by atoms with Crippen molar-refractivity contribution in [2.24, 2.45) is 0 Å². The Morgan fingerprint density at radius 1 is 1.35 bits per heavy atom. The Kier molecular flexibility index (Phi) is 4.76. The molecule has 2 aromatic rings. The van der Waals surface area contributed by atoms with Crippen LogP contribution in [0.2, 0.25) is 0 Å². The van der Waals surface area contributed by atoms with Crippen molar-refractivity contribution in [2.45, 2.75) is 18.9 Å². The Labute approximate surface area is 139 Å². The molecule has 1 atom stereocenters. The minimum absolute atomic E-state index is 0.0350. The van der Waals surface area contributed by atoms with Crippen LogP contribution < -0.4 is 9.64 Å². The number of aromatic nitrogens is 2. The van der Waals surface area contributed by atoms with Crippen molar-refractivity contribution < 1.29 is 9.53 Å². The smallest absolute Gasteiger partial charge is 0.264 e. The van der Waals surface area contributed by atoms with E-state index in [-0.39, 0.29) is 12.0 Å². The van der Waals surface area contributed by atoms with E-state index in [1.165, 1.54) is 11.3 Å². The third kappa shape index (κ3) is 3.79. The molecular formula is C16H20N4O2S. The number of carbonyl (C=O) groups excluding carboxylic acids is 1. The Hall–Kier alpha value is -2.15. The number of hydrogen-bond donors (Lipinski definition) is 0. The lowest BCUT2D eigenvalue weighted by molar-refractivity contribution is 0.0530. The van der Waals surface area contributed by atoms with Gasteiger partial charge in [0.2, 0.25) is 5.88 Å². The van der Waals surface area contributed by atoms with E-state index in [0.29, 0.717) is 12.4 Å². The fourth-order valence-electron chi connectivity index (χ4n) is 2.56. The number of ether oxygens (including phenoxy) is 1. The lowest BCUT2D eigenvalue weighted by atomic mass is 10.1. The summed E-state index contributed by atoms with van der Waals surface area (Å²) in [5, 5.41) is 10.1. The van der Waals surface area contributed by atoms with Gasteiger partial charge < -0.3 is 14.5 Å². The van der Waals surface area contributed by atoms with Gasteiger partial charge in [0, 0.05) is 26.7 Å². The van der Waals surface area contributed by atoms with Crippen LogP contribution in [0.4, 0.5) is 5.82 Å². The van der Waals surface area contributed by atoms with E-state index in [1.807, 2.05) is 53.5 Å². The van der Waals surface area contributed by atoms with Crippen LogP contribution in [0, 0.1) is 0 Å². The van der Waals surface area contributed by atoms with Gasteiger partial charge in [-0.25, -0.2) is 0 Å². The van der Waals surface area contributed by atoms with Crippen molar-refractivity contribution in [1.82, 2.24) is 15.1 Å². The average Bonchev–Trinajstić information content (AvgIpc) is 3.09. The second kappa shape index (κ2) is 6.95. The average molecular weight is 332 g/mol. The normalized spacial score (nSPS) is 17.8. The Bertz CT molecular complexity index is 643. The van der Waals surface area contributed by atoms with Crippen LogP contribution in [-0.4, -0.2) is 54.3 Å². The number of likely N-dealkylation sites (tertiary alicyclic amines) is 1. The summed E-state index contributed by atoms with van der Waals surface area (Å²) in [5.41, 5.74) is 0. The first kappa shape index (κ1) is 15.7. The number of rotatable bonds is 4. The number of carbonyl (C=O) groups is 1. The molecule has 1 saturated heterocycles. The molecule has 1 aliphatic heterocycles. The maximum Gasteiger partial charge on any atom is 0.264 e. The van der Waals surface area contributed by atoms with E-state index in [9.17, 15) is 4.79 Å². The minimum Gasteiger partial charge on any atom is -0.471 e. The zero-order valence-corrected chi connectivity index (χ0v) is 14.1. The van der Waals surface area contributed by atoms with Crippen LogP contribution in [0.15, 0.2) is 29.6 Å². The number of anilines is 1. The third-order valence-corrected chi connectivity index (χ3v) is 4.63. The van der Waals surface area contributed by atoms with E-state index < -0.39 is 0 Å². The van der Waals surface area contributed by atoms with Crippen LogP contribution >= 0.6 is 11.3 Å². The highest BCUT2D eigenvalue weighted by atomic mass is 32.1. The monoisotopic (exact) mass is 332 g/mol. The van der Waals surface area contributed by atoms with Crippen molar-refractivity contribution in [2.75, 3.05) is 32.1 Å². The molecule has 0 radical (unpaired) electrons. The van der Waals surface area contributed by atoms with E-state index in [1.54, 1.807) is 0 Å². The standard InChI is InChI=1S/C16H20N4O2S/c1-19(2)14-7-8-15(18-17-14)22-12-5-3-9-20(11-12)16(21)13-6-4-10-23-13/h4,6-8,10,12H,3,5,9,11H2,1-2H3. The number of amides is 1. The molecule has 23 heavy (non-hydrogen) atoms. The maximum atomic E-state index is 12.4. The van der Waals surface area contributed by atoms with Gasteiger partial charge in [0.25, 0.3) is 5.91 Å². The number of thiophene rings is 1. The van der Waals surface area contributed by atoms with Gasteiger partial charge in [-0.05, 0) is 30.4 Å². The number of nitrogens with zero attached hydrogens (tertiary/aromatic N) is 4. The molecule has 2 aromatic heterocycles. The predicted molar refractivity (Wildman–Crippen MR) is 90.2 cm³/mol. The first-order valence-corrected chi connectivity index (χ1v) is 8.52. The van der Waals surface area contributed by atoms with E-state index in [4.69, 9.17) is 4.74 Å². The molecule has 6 nitrogen and oxygen atoms in total. The minimum atomic E-state index is -0.0350. The van der Waals surface area contributed by atoms with Crippen LogP contribution in [0.25, 0.3) is 0 Å². The summed E-state index contributed by atoms with van der Waals surface area (Å²) in [5.74, 6) is 1.38. The zero-order valence-electron chi connectivity index (χ0n) is 13.3. The molecule has 0 N–H and O–H groups in total. The van der Waals surface area contributed by atoms with Crippen LogP contribution in [0.3, 0.4) is 0 Å². The topological polar surface area (TPSA) is 58.6 Å². The summed E-state index contributed by atoms with van der Waals surface area (Å²) in [4.78, 5) is 17.0. The van der Waals surface area contributed by atoms with Gasteiger partial charge in [-0.3, -0.25) is 4.79 Å². The fraction of sp³-hybridized carbons (Fsp3) is 0.438. The first-order valence-electron chi connectivity index (χ1n) is 7.64. The van der Waals surface area contributed by atoms with E-state index in [0.717, 1.165) is 30.1 Å². The van der Waals surface area contributed by atoms with Gasteiger partial charge in [0.1, 0.15) is 6.10 Å². The van der Waals surface area contributed by atoms with Crippen molar-refractivity contribution in [1.29, 1.82) is 0 Å². The highest BCUT2D eigenvalue weighted by Gasteiger charge is 2.26. The van der Waals surface area contributed by atoms with E-state index in [2.05, 4.69) is 10.2 Å².